The lowest BCUT2D eigenvalue weighted by Gasteiger charge is -2.32. The normalized spacial score (nSPS) is 16.1. The maximum absolute atomic E-state index is 12.8. The van der Waals surface area contributed by atoms with Gasteiger partial charge in [-0.3, -0.25) is 9.59 Å². The molecule has 0 spiro atoms. The fourth-order valence-electron chi connectivity index (χ4n) is 3.69. The number of carbonyl (C=O) groups excluding carboxylic acids is 2. The van der Waals surface area contributed by atoms with Crippen molar-refractivity contribution in [3.05, 3.63) is 58.6 Å². The first-order valence-electron chi connectivity index (χ1n) is 10.1. The Hall–Kier alpha value is -2.73. The van der Waals surface area contributed by atoms with E-state index in [9.17, 15) is 9.59 Å². The molecule has 1 fully saturated rings. The Morgan fingerprint density at radius 1 is 1.13 bits per heavy atom. The van der Waals surface area contributed by atoms with E-state index in [1.54, 1.807) is 43.4 Å². The molecule has 1 atom stereocenters. The van der Waals surface area contributed by atoms with E-state index in [0.717, 1.165) is 18.4 Å². The third-order valence-electron chi connectivity index (χ3n) is 5.34. The highest BCUT2D eigenvalue weighted by atomic mass is 35.5. The summed E-state index contributed by atoms with van der Waals surface area (Å²) < 4.78 is 10.6. The molecule has 6 nitrogen and oxygen atoms in total. The molecular weight excluding hydrogens is 404 g/mol. The number of benzene rings is 2. The Bertz CT molecular complexity index is 903. The molecule has 1 heterocycles. The number of hydrogen-bond donors (Lipinski definition) is 1. The van der Waals surface area contributed by atoms with Crippen LogP contribution in [-0.2, 0) is 11.2 Å². The third kappa shape index (κ3) is 5.25. The summed E-state index contributed by atoms with van der Waals surface area (Å²) in [6, 6.07) is 12.7. The molecular formula is C23H27ClN2O4. The molecule has 0 radical (unpaired) electrons. The summed E-state index contributed by atoms with van der Waals surface area (Å²) in [6.45, 7) is 1.56. The molecule has 3 rings (SSSR count). The molecule has 1 aliphatic heterocycles. The predicted molar refractivity (Wildman–Crippen MR) is 116 cm³/mol. The van der Waals surface area contributed by atoms with E-state index in [-0.39, 0.29) is 17.7 Å². The van der Waals surface area contributed by atoms with Crippen molar-refractivity contribution in [1.82, 2.24) is 10.2 Å². The molecule has 1 saturated heterocycles. The van der Waals surface area contributed by atoms with Gasteiger partial charge in [-0.1, -0.05) is 29.8 Å². The molecule has 0 saturated carbocycles. The highest BCUT2D eigenvalue weighted by molar-refractivity contribution is 6.33. The molecule has 0 aromatic heterocycles. The molecule has 2 aromatic carbocycles. The van der Waals surface area contributed by atoms with Crippen LogP contribution in [0.15, 0.2) is 42.5 Å². The number of rotatable bonds is 7. The van der Waals surface area contributed by atoms with Gasteiger partial charge in [-0.05, 0) is 49.1 Å². The lowest BCUT2D eigenvalue weighted by Crippen LogP contribution is -2.45. The minimum Gasteiger partial charge on any atom is -0.493 e. The van der Waals surface area contributed by atoms with Crippen molar-refractivity contribution in [2.24, 2.45) is 5.92 Å². The minimum absolute atomic E-state index is 0.0212. The number of piperidine rings is 1. The predicted octanol–water partition coefficient (Wildman–Crippen LogP) is 3.57. The van der Waals surface area contributed by atoms with Crippen LogP contribution in [0, 0.1) is 5.92 Å². The lowest BCUT2D eigenvalue weighted by molar-refractivity contribution is -0.126. The van der Waals surface area contributed by atoms with Crippen molar-refractivity contribution in [3.8, 4) is 11.5 Å². The quantitative estimate of drug-likeness (QED) is 0.729. The summed E-state index contributed by atoms with van der Waals surface area (Å²) in [4.78, 5) is 27.2. The summed E-state index contributed by atoms with van der Waals surface area (Å²) in [5, 5.41) is 3.44. The second kappa shape index (κ2) is 10.3. The van der Waals surface area contributed by atoms with Gasteiger partial charge in [0.2, 0.25) is 5.91 Å². The van der Waals surface area contributed by atoms with E-state index >= 15 is 0 Å². The van der Waals surface area contributed by atoms with Crippen LogP contribution in [0.25, 0.3) is 0 Å². The van der Waals surface area contributed by atoms with E-state index in [2.05, 4.69) is 5.32 Å². The Kier molecular flexibility index (Phi) is 7.57. The highest BCUT2D eigenvalue weighted by Gasteiger charge is 2.29. The molecule has 1 unspecified atom stereocenters. The van der Waals surface area contributed by atoms with Gasteiger partial charge in [0.05, 0.1) is 30.7 Å². The number of methoxy groups -OCH3 is 2. The summed E-state index contributed by atoms with van der Waals surface area (Å²) >= 11 is 6.16. The van der Waals surface area contributed by atoms with E-state index < -0.39 is 0 Å². The molecule has 7 heteroatoms. The number of carbonyl (C=O) groups is 2. The second-order valence-corrected chi connectivity index (χ2v) is 7.71. The Morgan fingerprint density at radius 3 is 2.63 bits per heavy atom. The zero-order valence-corrected chi connectivity index (χ0v) is 18.1. The summed E-state index contributed by atoms with van der Waals surface area (Å²) in [7, 11) is 3.20. The second-order valence-electron chi connectivity index (χ2n) is 7.30. The van der Waals surface area contributed by atoms with Gasteiger partial charge in [0, 0.05) is 19.6 Å². The number of ether oxygens (including phenoxy) is 2. The third-order valence-corrected chi connectivity index (χ3v) is 5.67. The number of likely N-dealkylation sites (tertiary alicyclic amines) is 1. The van der Waals surface area contributed by atoms with Crippen LogP contribution in [0.4, 0.5) is 0 Å². The van der Waals surface area contributed by atoms with Crippen molar-refractivity contribution in [3.63, 3.8) is 0 Å². The summed E-state index contributed by atoms with van der Waals surface area (Å²) in [6.07, 6.45) is 2.25. The molecule has 1 N–H and O–H groups in total. The van der Waals surface area contributed by atoms with Crippen LogP contribution in [-0.4, -0.2) is 50.6 Å². The van der Waals surface area contributed by atoms with Crippen LogP contribution >= 0.6 is 11.6 Å². The highest BCUT2D eigenvalue weighted by Crippen LogP contribution is 2.27. The number of nitrogens with one attached hydrogen (secondary N) is 1. The maximum atomic E-state index is 12.8. The average Bonchev–Trinajstić information content (AvgIpc) is 2.78. The molecule has 30 heavy (non-hydrogen) atoms. The molecule has 160 valence electrons. The number of halogens is 1. The minimum atomic E-state index is -0.212. The van der Waals surface area contributed by atoms with Gasteiger partial charge in [0.1, 0.15) is 0 Å². The Labute approximate surface area is 182 Å². The smallest absolute Gasteiger partial charge is 0.255 e. The van der Waals surface area contributed by atoms with Crippen LogP contribution in [0.3, 0.4) is 0 Å². The van der Waals surface area contributed by atoms with Crippen molar-refractivity contribution < 1.29 is 19.1 Å². The van der Waals surface area contributed by atoms with Crippen LogP contribution < -0.4 is 14.8 Å². The topological polar surface area (TPSA) is 67.9 Å². The first-order chi connectivity index (χ1) is 14.5. The van der Waals surface area contributed by atoms with E-state index in [0.29, 0.717) is 48.1 Å². The lowest BCUT2D eigenvalue weighted by atomic mass is 9.96. The first-order valence-corrected chi connectivity index (χ1v) is 10.4. The van der Waals surface area contributed by atoms with Crippen LogP contribution in [0.5, 0.6) is 11.5 Å². The number of amides is 2. The first kappa shape index (κ1) is 22.0. The van der Waals surface area contributed by atoms with Crippen molar-refractivity contribution in [1.29, 1.82) is 0 Å². The Balaban J connectivity index is 1.53. The van der Waals surface area contributed by atoms with Crippen molar-refractivity contribution in [2.75, 3.05) is 33.9 Å². The molecule has 0 aliphatic carbocycles. The molecule has 1 aliphatic rings. The van der Waals surface area contributed by atoms with Gasteiger partial charge in [-0.25, -0.2) is 0 Å². The van der Waals surface area contributed by atoms with E-state index in [4.69, 9.17) is 21.1 Å². The van der Waals surface area contributed by atoms with Gasteiger partial charge >= 0.3 is 0 Å². The molecule has 2 aromatic rings. The van der Waals surface area contributed by atoms with Crippen LogP contribution in [0.1, 0.15) is 28.8 Å². The monoisotopic (exact) mass is 430 g/mol. The van der Waals surface area contributed by atoms with Gasteiger partial charge in [0.15, 0.2) is 11.5 Å². The van der Waals surface area contributed by atoms with Gasteiger partial charge in [-0.2, -0.15) is 0 Å². The van der Waals surface area contributed by atoms with E-state index in [1.807, 2.05) is 18.2 Å². The van der Waals surface area contributed by atoms with Crippen LogP contribution in [0.2, 0.25) is 5.02 Å². The average molecular weight is 431 g/mol. The van der Waals surface area contributed by atoms with Crippen molar-refractivity contribution in [2.45, 2.75) is 19.3 Å². The largest absolute Gasteiger partial charge is 0.493 e. The Morgan fingerprint density at radius 2 is 1.90 bits per heavy atom. The zero-order chi connectivity index (χ0) is 21.5. The maximum Gasteiger partial charge on any atom is 0.255 e. The molecule has 2 amide bonds. The number of hydrogen-bond acceptors (Lipinski definition) is 4. The fraction of sp³-hybridized carbons (Fsp3) is 0.391. The standard InChI is InChI=1S/C23H27ClN2O4/c1-29-20-10-9-16(14-21(20)30-2)11-12-25-22(27)17-6-5-13-26(15-17)23(28)18-7-3-4-8-19(18)24/h3-4,7-10,14,17H,5-6,11-13,15H2,1-2H3,(H,25,27). The summed E-state index contributed by atoms with van der Waals surface area (Å²) in [5.41, 5.74) is 1.53. The number of nitrogens with zero attached hydrogens (tertiary/aromatic N) is 1. The fourth-order valence-corrected chi connectivity index (χ4v) is 3.91. The van der Waals surface area contributed by atoms with Gasteiger partial charge in [0.25, 0.3) is 5.91 Å². The summed E-state index contributed by atoms with van der Waals surface area (Å²) in [5.74, 6) is 0.990. The van der Waals surface area contributed by atoms with Crippen molar-refractivity contribution >= 4 is 23.4 Å². The zero-order valence-electron chi connectivity index (χ0n) is 17.3. The van der Waals surface area contributed by atoms with Gasteiger partial charge < -0.3 is 19.7 Å². The van der Waals surface area contributed by atoms with E-state index in [1.165, 1.54) is 0 Å². The molecule has 0 bridgehead atoms. The van der Waals surface area contributed by atoms with Gasteiger partial charge in [-0.15, -0.1) is 0 Å². The SMILES string of the molecule is COc1ccc(CCNC(=O)C2CCCN(C(=O)c3ccccc3Cl)C2)cc1OC.